The first-order valence-electron chi connectivity index (χ1n) is 4.64. The van der Waals surface area contributed by atoms with E-state index in [0.717, 1.165) is 10.6 Å². The Morgan fingerprint density at radius 1 is 1.40 bits per heavy atom. The maximum atomic E-state index is 11.4. The first kappa shape index (κ1) is 11.3. The Kier molecular flexibility index (Phi) is 3.93. The number of likely N-dealkylation sites (N-methyl/N-ethyl adjacent to an activating group) is 1. The molecular weight excluding hydrogens is 194 g/mol. The van der Waals surface area contributed by atoms with Crippen molar-refractivity contribution in [3.8, 4) is 0 Å². The highest BCUT2D eigenvalue weighted by Crippen LogP contribution is 2.12. The van der Waals surface area contributed by atoms with Crippen LogP contribution in [0.5, 0.6) is 0 Å². The van der Waals surface area contributed by atoms with Crippen LogP contribution in [-0.4, -0.2) is 17.5 Å². The molecule has 1 rings (SSSR count). The first-order chi connectivity index (χ1) is 7.17. The Hall–Kier alpha value is -1.75. The third-order valence-electron chi connectivity index (χ3n) is 2.06. The van der Waals surface area contributed by atoms with E-state index >= 15 is 0 Å². The van der Waals surface area contributed by atoms with E-state index < -0.39 is 0 Å². The van der Waals surface area contributed by atoms with Gasteiger partial charge in [0.2, 0.25) is 5.91 Å². The molecule has 0 saturated heterocycles. The number of carbonyl (C=O) groups excluding carboxylic acids is 1. The fourth-order valence-electron chi connectivity index (χ4n) is 1.13. The molecule has 1 aromatic rings. The molecule has 80 valence electrons. The van der Waals surface area contributed by atoms with Crippen molar-refractivity contribution in [3.05, 3.63) is 34.7 Å². The van der Waals surface area contributed by atoms with E-state index in [1.54, 1.807) is 31.2 Å². The largest absolute Gasteiger partial charge is 0.281 e. The van der Waals surface area contributed by atoms with E-state index in [1.165, 1.54) is 0 Å². The Morgan fingerprint density at radius 2 is 2.00 bits per heavy atom. The zero-order valence-electron chi connectivity index (χ0n) is 8.51. The second-order valence-electron chi connectivity index (χ2n) is 3.11. The molecule has 0 radical (unpaired) electrons. The van der Waals surface area contributed by atoms with Gasteiger partial charge in [0.25, 0.3) is 0 Å². The van der Waals surface area contributed by atoms with Crippen molar-refractivity contribution in [2.24, 2.45) is 11.0 Å². The van der Waals surface area contributed by atoms with Gasteiger partial charge in [-0.05, 0) is 29.8 Å². The summed E-state index contributed by atoms with van der Waals surface area (Å²) < 4.78 is 0. The summed E-state index contributed by atoms with van der Waals surface area (Å²) in [6, 6.07) is 6.53. The SMILES string of the molecule is CCN(N)C(=O)Cc1ccc(N=O)cc1. The standard InChI is InChI=1S/C10H13N3O2/c1-2-13(11)10(14)7-8-3-5-9(12-15)6-4-8/h3-6H,2,7,11H2,1H3. The van der Waals surface area contributed by atoms with Crippen molar-refractivity contribution >= 4 is 11.6 Å². The smallest absolute Gasteiger partial charge is 0.240 e. The molecule has 15 heavy (non-hydrogen) atoms. The third kappa shape index (κ3) is 3.14. The van der Waals surface area contributed by atoms with Gasteiger partial charge in [-0.2, -0.15) is 0 Å². The molecule has 0 aliphatic rings. The van der Waals surface area contributed by atoms with Gasteiger partial charge in [-0.1, -0.05) is 12.1 Å². The highest BCUT2D eigenvalue weighted by molar-refractivity contribution is 5.78. The second-order valence-corrected chi connectivity index (χ2v) is 3.11. The molecule has 0 atom stereocenters. The molecule has 1 aromatic carbocycles. The summed E-state index contributed by atoms with van der Waals surface area (Å²) in [5.41, 5.74) is 1.17. The van der Waals surface area contributed by atoms with Crippen LogP contribution in [0.4, 0.5) is 5.69 Å². The van der Waals surface area contributed by atoms with Crippen LogP contribution in [0.3, 0.4) is 0 Å². The van der Waals surface area contributed by atoms with Crippen LogP contribution in [0.15, 0.2) is 29.4 Å². The molecule has 0 aliphatic carbocycles. The van der Waals surface area contributed by atoms with Crippen molar-refractivity contribution < 1.29 is 4.79 Å². The van der Waals surface area contributed by atoms with Crippen LogP contribution < -0.4 is 5.84 Å². The molecule has 0 spiro atoms. The summed E-state index contributed by atoms with van der Waals surface area (Å²) in [5.74, 6) is 5.29. The summed E-state index contributed by atoms with van der Waals surface area (Å²) >= 11 is 0. The number of nitrogens with two attached hydrogens (primary N) is 1. The molecule has 5 heteroatoms. The van der Waals surface area contributed by atoms with Crippen molar-refractivity contribution in [2.45, 2.75) is 13.3 Å². The van der Waals surface area contributed by atoms with Crippen LogP contribution in [0.2, 0.25) is 0 Å². The van der Waals surface area contributed by atoms with Crippen molar-refractivity contribution in [1.82, 2.24) is 5.01 Å². The topological polar surface area (TPSA) is 75.8 Å². The van der Waals surface area contributed by atoms with Gasteiger partial charge < -0.3 is 0 Å². The highest BCUT2D eigenvalue weighted by Gasteiger charge is 2.07. The van der Waals surface area contributed by atoms with Gasteiger partial charge in [0.15, 0.2) is 0 Å². The van der Waals surface area contributed by atoms with Gasteiger partial charge in [-0.25, -0.2) is 5.84 Å². The maximum absolute atomic E-state index is 11.4. The molecule has 0 fully saturated rings. The molecular formula is C10H13N3O2. The number of hydrogen-bond acceptors (Lipinski definition) is 4. The van der Waals surface area contributed by atoms with Crippen molar-refractivity contribution in [2.75, 3.05) is 6.54 Å². The minimum Gasteiger partial charge on any atom is -0.281 e. The molecule has 0 aromatic heterocycles. The summed E-state index contributed by atoms with van der Waals surface area (Å²) in [6.07, 6.45) is 0.240. The molecule has 0 aliphatic heterocycles. The quantitative estimate of drug-likeness (QED) is 0.350. The number of nitrogens with zero attached hydrogens (tertiary/aromatic N) is 2. The number of nitroso groups, excluding NO2 is 1. The Morgan fingerprint density at radius 3 is 2.47 bits per heavy atom. The number of carbonyl (C=O) groups is 1. The number of benzene rings is 1. The van der Waals surface area contributed by atoms with Gasteiger partial charge in [0, 0.05) is 6.54 Å². The molecule has 2 N–H and O–H groups in total. The molecule has 0 saturated carbocycles. The van der Waals surface area contributed by atoms with E-state index in [-0.39, 0.29) is 12.3 Å². The van der Waals surface area contributed by atoms with Crippen LogP contribution >= 0.6 is 0 Å². The molecule has 0 heterocycles. The van der Waals surface area contributed by atoms with E-state index in [4.69, 9.17) is 5.84 Å². The van der Waals surface area contributed by atoms with Crippen LogP contribution in [0.1, 0.15) is 12.5 Å². The lowest BCUT2D eigenvalue weighted by Crippen LogP contribution is -2.38. The lowest BCUT2D eigenvalue weighted by Gasteiger charge is -2.13. The summed E-state index contributed by atoms with van der Waals surface area (Å²) in [5, 5.41) is 3.93. The highest BCUT2D eigenvalue weighted by atomic mass is 16.3. The Labute approximate surface area is 87.8 Å². The minimum atomic E-state index is -0.149. The number of rotatable bonds is 4. The molecule has 5 nitrogen and oxygen atoms in total. The zero-order chi connectivity index (χ0) is 11.3. The number of hydrazine groups is 1. The Balaban J connectivity index is 2.65. The van der Waals surface area contributed by atoms with Gasteiger partial charge in [0.1, 0.15) is 5.69 Å². The normalized spacial score (nSPS) is 9.73. The van der Waals surface area contributed by atoms with Gasteiger partial charge >= 0.3 is 0 Å². The number of amides is 1. The van der Waals surface area contributed by atoms with Crippen molar-refractivity contribution in [3.63, 3.8) is 0 Å². The zero-order valence-corrected chi connectivity index (χ0v) is 8.51. The monoisotopic (exact) mass is 207 g/mol. The predicted octanol–water partition coefficient (Wildman–Crippen LogP) is 1.35. The summed E-state index contributed by atoms with van der Waals surface area (Å²) in [6.45, 7) is 2.28. The minimum absolute atomic E-state index is 0.149. The van der Waals surface area contributed by atoms with Crippen LogP contribution in [0, 0.1) is 4.91 Å². The lowest BCUT2D eigenvalue weighted by atomic mass is 10.1. The molecule has 1 amide bonds. The summed E-state index contributed by atoms with van der Waals surface area (Å²) in [4.78, 5) is 21.6. The fourth-order valence-corrected chi connectivity index (χ4v) is 1.13. The first-order valence-corrected chi connectivity index (χ1v) is 4.64. The second kappa shape index (κ2) is 5.21. The van der Waals surface area contributed by atoms with E-state index in [0.29, 0.717) is 12.2 Å². The maximum Gasteiger partial charge on any atom is 0.240 e. The van der Waals surface area contributed by atoms with Gasteiger partial charge in [-0.3, -0.25) is 9.80 Å². The molecule has 0 bridgehead atoms. The third-order valence-corrected chi connectivity index (χ3v) is 2.06. The lowest BCUT2D eigenvalue weighted by molar-refractivity contribution is -0.130. The molecule has 0 unspecified atom stereocenters. The van der Waals surface area contributed by atoms with Gasteiger partial charge in [-0.15, -0.1) is 4.91 Å². The fraction of sp³-hybridized carbons (Fsp3) is 0.300. The van der Waals surface area contributed by atoms with Crippen LogP contribution in [0.25, 0.3) is 0 Å². The van der Waals surface area contributed by atoms with E-state index in [9.17, 15) is 9.70 Å². The Bertz CT molecular complexity index is 348. The number of hydrogen-bond donors (Lipinski definition) is 1. The van der Waals surface area contributed by atoms with Gasteiger partial charge in [0.05, 0.1) is 6.42 Å². The predicted molar refractivity (Wildman–Crippen MR) is 57.2 cm³/mol. The summed E-state index contributed by atoms with van der Waals surface area (Å²) in [7, 11) is 0. The van der Waals surface area contributed by atoms with E-state index in [1.807, 2.05) is 0 Å². The van der Waals surface area contributed by atoms with Crippen molar-refractivity contribution in [1.29, 1.82) is 0 Å². The average molecular weight is 207 g/mol. The van der Waals surface area contributed by atoms with E-state index in [2.05, 4.69) is 5.18 Å². The van der Waals surface area contributed by atoms with Crippen LogP contribution in [-0.2, 0) is 11.2 Å². The average Bonchev–Trinajstić information content (AvgIpc) is 2.29.